The monoisotopic (exact) mass is 308 g/mol. The first kappa shape index (κ1) is 15.6. The maximum absolute atomic E-state index is 11.9. The van der Waals surface area contributed by atoms with E-state index in [9.17, 15) is 14.7 Å². The molecule has 22 heavy (non-hydrogen) atoms. The van der Waals surface area contributed by atoms with Crippen molar-refractivity contribution in [2.24, 2.45) is 10.2 Å². The van der Waals surface area contributed by atoms with Crippen molar-refractivity contribution in [1.82, 2.24) is 9.55 Å². The number of nitrogens with zero attached hydrogens (tertiary/aromatic N) is 7. The van der Waals surface area contributed by atoms with E-state index in [1.165, 1.54) is 13.1 Å². The van der Waals surface area contributed by atoms with Crippen LogP contribution >= 0.6 is 0 Å². The Morgan fingerprint density at radius 3 is 2.68 bits per heavy atom. The van der Waals surface area contributed by atoms with Gasteiger partial charge in [-0.15, -0.1) is 0 Å². The lowest BCUT2D eigenvalue weighted by Gasteiger charge is -2.20. The average molecular weight is 308 g/mol. The molecule has 1 aromatic heterocycles. The minimum Gasteiger partial charge on any atom is -0.394 e. The summed E-state index contributed by atoms with van der Waals surface area (Å²) in [4.78, 5) is 30.6. The summed E-state index contributed by atoms with van der Waals surface area (Å²) in [6.45, 7) is 0.924. The Labute approximate surface area is 122 Å². The number of aromatic nitrogens is 2. The van der Waals surface area contributed by atoms with Crippen LogP contribution in [0.5, 0.6) is 0 Å². The molecule has 2 atom stereocenters. The Hall–Kier alpha value is -2.78. The second-order valence-electron chi connectivity index (χ2n) is 4.70. The Kier molecular flexibility index (Phi) is 4.20. The number of azide groups is 1. The quantitative estimate of drug-likeness (QED) is 0.465. The van der Waals surface area contributed by atoms with Gasteiger partial charge in [0.25, 0.3) is 5.56 Å². The predicted molar refractivity (Wildman–Crippen MR) is 72.7 cm³/mol. The maximum Gasteiger partial charge on any atom is 0.330 e. The van der Waals surface area contributed by atoms with Gasteiger partial charge in [-0.25, -0.2) is 4.79 Å². The molecule has 1 aliphatic rings. The van der Waals surface area contributed by atoms with Crippen LogP contribution in [0.2, 0.25) is 0 Å². The molecular weight excluding hydrogens is 296 g/mol. The minimum absolute atomic E-state index is 0.155. The maximum atomic E-state index is 11.9. The number of aromatic amines is 1. The van der Waals surface area contributed by atoms with Crippen LogP contribution in [0.1, 0.15) is 18.2 Å². The van der Waals surface area contributed by atoms with Gasteiger partial charge in [0.05, 0.1) is 6.61 Å². The van der Waals surface area contributed by atoms with Crippen LogP contribution in [-0.2, 0) is 4.74 Å². The Morgan fingerprint density at radius 2 is 2.14 bits per heavy atom. The van der Waals surface area contributed by atoms with Crippen LogP contribution in [0.4, 0.5) is 0 Å². The summed E-state index contributed by atoms with van der Waals surface area (Å²) in [5.74, 6) is 0. The van der Waals surface area contributed by atoms with Gasteiger partial charge in [-0.3, -0.25) is 14.3 Å². The molecule has 12 heteroatoms. The van der Waals surface area contributed by atoms with Gasteiger partial charge in [-0.1, -0.05) is 10.2 Å². The second kappa shape index (κ2) is 5.92. The van der Waals surface area contributed by atoms with Gasteiger partial charge >= 0.3 is 5.69 Å². The van der Waals surface area contributed by atoms with E-state index < -0.39 is 35.9 Å². The van der Waals surface area contributed by atoms with Crippen molar-refractivity contribution in [2.75, 3.05) is 6.61 Å². The van der Waals surface area contributed by atoms with E-state index in [0.717, 1.165) is 4.57 Å². The number of aliphatic hydroxyl groups excluding tert-OH is 1. The van der Waals surface area contributed by atoms with E-state index in [2.05, 4.69) is 25.0 Å². The fraction of sp³-hybridized carbons (Fsp3) is 0.600. The van der Waals surface area contributed by atoms with Crippen molar-refractivity contribution in [3.63, 3.8) is 0 Å². The van der Waals surface area contributed by atoms with Gasteiger partial charge in [-0.2, -0.15) is 0 Å². The Bertz CT molecular complexity index is 767. The number of aryl methyl sites for hydroxylation is 1. The molecule has 0 amide bonds. The highest BCUT2D eigenvalue weighted by molar-refractivity contribution is 5.05. The molecular formula is C10H12N8O4. The number of aliphatic hydroxyl groups is 1. The van der Waals surface area contributed by atoms with Crippen molar-refractivity contribution in [2.45, 2.75) is 31.3 Å². The van der Waals surface area contributed by atoms with E-state index in [-0.39, 0.29) is 12.0 Å². The predicted octanol–water partition coefficient (Wildman–Crippen LogP) is 0.442. The summed E-state index contributed by atoms with van der Waals surface area (Å²) in [6, 6.07) is 0. The number of H-pyrrole nitrogens is 1. The molecule has 2 rings (SSSR count). The number of rotatable bonds is 4. The van der Waals surface area contributed by atoms with Crippen LogP contribution < -0.4 is 11.2 Å². The van der Waals surface area contributed by atoms with E-state index in [1.807, 2.05) is 0 Å². The molecule has 1 fully saturated rings. The molecule has 0 aliphatic carbocycles. The molecule has 116 valence electrons. The first-order valence-electron chi connectivity index (χ1n) is 6.18. The molecule has 1 aromatic rings. The highest BCUT2D eigenvalue weighted by Crippen LogP contribution is 2.40. The molecule has 2 heterocycles. The first-order chi connectivity index (χ1) is 10.5. The van der Waals surface area contributed by atoms with Gasteiger partial charge < -0.3 is 9.84 Å². The molecule has 0 spiro atoms. The number of hydrogen-bond acceptors (Lipinski definition) is 6. The summed E-state index contributed by atoms with van der Waals surface area (Å²) < 4.78 is 6.54. The molecule has 0 unspecified atom stereocenters. The van der Waals surface area contributed by atoms with Crippen LogP contribution in [-0.4, -0.2) is 33.0 Å². The van der Waals surface area contributed by atoms with Crippen molar-refractivity contribution >= 4 is 0 Å². The molecule has 12 nitrogen and oxygen atoms in total. The van der Waals surface area contributed by atoms with Crippen LogP contribution in [0.25, 0.3) is 20.9 Å². The molecule has 2 N–H and O–H groups in total. The molecule has 1 aliphatic heterocycles. The van der Waals surface area contributed by atoms with E-state index >= 15 is 0 Å². The van der Waals surface area contributed by atoms with Crippen molar-refractivity contribution in [3.05, 3.63) is 53.5 Å². The molecule has 0 bridgehead atoms. The second-order valence-corrected chi connectivity index (χ2v) is 4.70. The lowest BCUT2D eigenvalue weighted by Crippen LogP contribution is -2.36. The average Bonchev–Trinajstić information content (AvgIpc) is 2.82. The van der Waals surface area contributed by atoms with Gasteiger partial charge in [0.1, 0.15) is 12.3 Å². The third kappa shape index (κ3) is 2.54. The number of hydrogen-bond donors (Lipinski definition) is 2. The Morgan fingerprint density at radius 1 is 1.50 bits per heavy atom. The highest BCUT2D eigenvalue weighted by Gasteiger charge is 2.48. The zero-order valence-corrected chi connectivity index (χ0v) is 11.4. The van der Waals surface area contributed by atoms with E-state index in [4.69, 9.17) is 15.8 Å². The lowest BCUT2D eigenvalue weighted by atomic mass is 10.0. The standard InChI is InChI=1S/C10H12N8O4/c1-5-3-18(9(21)13-8(5)20)7-2-10(14-16-11,15-17-12)6(4-19)22-7/h3,6-7,19H,2,4H2,1H3,(H,13,20,21)/t6-,7-/m1/s1. The van der Waals surface area contributed by atoms with Gasteiger partial charge in [0.15, 0.2) is 5.66 Å². The largest absolute Gasteiger partial charge is 0.394 e. The molecule has 0 aromatic carbocycles. The van der Waals surface area contributed by atoms with Crippen molar-refractivity contribution in [1.29, 1.82) is 0 Å². The summed E-state index contributed by atoms with van der Waals surface area (Å²) in [7, 11) is 0. The lowest BCUT2D eigenvalue weighted by molar-refractivity contribution is -0.0354. The topological polar surface area (TPSA) is 182 Å². The first-order valence-corrected chi connectivity index (χ1v) is 6.18. The highest BCUT2D eigenvalue weighted by atomic mass is 16.5. The van der Waals surface area contributed by atoms with E-state index in [1.54, 1.807) is 0 Å². The SMILES string of the molecule is Cc1cn([C@H]2CC(N=[N+]=[N-])(N=[N+]=[N-])[C@@H](CO)O2)c(=O)[nH]c1=O. The minimum atomic E-state index is -1.69. The van der Waals surface area contributed by atoms with Crippen LogP contribution in [0.15, 0.2) is 26.0 Å². The normalized spacial score (nSPS) is 27.0. The number of ether oxygens (including phenoxy) is 1. The van der Waals surface area contributed by atoms with E-state index in [0.29, 0.717) is 0 Å². The zero-order valence-electron chi connectivity index (χ0n) is 11.4. The third-order valence-corrected chi connectivity index (χ3v) is 3.37. The summed E-state index contributed by atoms with van der Waals surface area (Å²) in [5, 5.41) is 16.2. The molecule has 0 saturated carbocycles. The van der Waals surface area contributed by atoms with Gasteiger partial charge in [-0.05, 0) is 18.0 Å². The summed E-state index contributed by atoms with van der Waals surface area (Å²) in [5.41, 5.74) is 14.6. The number of nitrogens with one attached hydrogen (secondary N) is 1. The molecule has 1 saturated heterocycles. The fourth-order valence-corrected chi connectivity index (χ4v) is 2.27. The summed E-state index contributed by atoms with van der Waals surface area (Å²) >= 11 is 0. The van der Waals surface area contributed by atoms with Crippen LogP contribution in [0.3, 0.4) is 0 Å². The zero-order chi connectivity index (χ0) is 16.3. The van der Waals surface area contributed by atoms with Gasteiger partial charge in [0.2, 0.25) is 0 Å². The Balaban J connectivity index is 2.51. The fourth-order valence-electron chi connectivity index (χ4n) is 2.27. The van der Waals surface area contributed by atoms with Crippen molar-refractivity contribution < 1.29 is 9.84 Å². The smallest absolute Gasteiger partial charge is 0.330 e. The van der Waals surface area contributed by atoms with Crippen LogP contribution in [0, 0.1) is 6.92 Å². The van der Waals surface area contributed by atoms with Crippen molar-refractivity contribution in [3.8, 4) is 0 Å². The molecule has 0 radical (unpaired) electrons. The van der Waals surface area contributed by atoms with Gasteiger partial charge in [0, 0.05) is 28.0 Å². The third-order valence-electron chi connectivity index (χ3n) is 3.37. The summed E-state index contributed by atoms with van der Waals surface area (Å²) in [6.07, 6.45) is -0.945.